The third kappa shape index (κ3) is 4.08. The molecule has 3 heteroatoms. The molecule has 0 atom stereocenters. The number of nitrogens with zero attached hydrogens (tertiary/aromatic N) is 1. The number of hydrogen-bond acceptors (Lipinski definition) is 1. The van der Waals surface area contributed by atoms with Crippen LogP contribution in [0.15, 0.2) is 54.6 Å². The van der Waals surface area contributed by atoms with Gasteiger partial charge >= 0.3 is 0 Å². The highest BCUT2D eigenvalue weighted by atomic mass is 35.5. The topological polar surface area (TPSA) is 20.3 Å². The zero-order valence-corrected chi connectivity index (χ0v) is 13.4. The maximum absolute atomic E-state index is 12.8. The number of halogens is 1. The number of carbonyl (C=O) groups excluding carboxylic acids is 1. The zero-order chi connectivity index (χ0) is 15.5. The van der Waals surface area contributed by atoms with E-state index in [1.165, 1.54) is 0 Å². The van der Waals surface area contributed by atoms with Gasteiger partial charge in [0.05, 0.1) is 0 Å². The lowest BCUT2D eigenvalue weighted by atomic mass is 10.0. The van der Waals surface area contributed by atoms with E-state index in [0.717, 1.165) is 5.56 Å². The number of benzene rings is 2. The van der Waals surface area contributed by atoms with E-state index in [2.05, 4.69) is 0 Å². The van der Waals surface area contributed by atoms with Crippen LogP contribution in [0, 0.1) is 0 Å². The van der Waals surface area contributed by atoms with Gasteiger partial charge in [-0.2, -0.15) is 0 Å². The Morgan fingerprint density at radius 2 is 1.71 bits per heavy atom. The average molecular weight is 302 g/mol. The minimum Gasteiger partial charge on any atom is -0.329 e. The van der Waals surface area contributed by atoms with Crippen LogP contribution in [0.3, 0.4) is 0 Å². The van der Waals surface area contributed by atoms with Crippen LogP contribution in [-0.2, 0) is 6.54 Å². The Kier molecular flexibility index (Phi) is 4.69. The maximum atomic E-state index is 12.8. The molecule has 21 heavy (non-hydrogen) atoms. The molecule has 0 aromatic heterocycles. The van der Waals surface area contributed by atoms with E-state index in [1.54, 1.807) is 24.3 Å². The molecule has 2 nitrogen and oxygen atoms in total. The van der Waals surface area contributed by atoms with Crippen molar-refractivity contribution >= 4 is 17.5 Å². The summed E-state index contributed by atoms with van der Waals surface area (Å²) in [4.78, 5) is 14.7. The van der Waals surface area contributed by atoms with Crippen molar-refractivity contribution in [1.29, 1.82) is 0 Å². The summed E-state index contributed by atoms with van der Waals surface area (Å²) in [7, 11) is 0. The van der Waals surface area contributed by atoms with Gasteiger partial charge in [-0.25, -0.2) is 0 Å². The Morgan fingerprint density at radius 1 is 1.05 bits per heavy atom. The van der Waals surface area contributed by atoms with Crippen LogP contribution < -0.4 is 0 Å². The highest BCUT2D eigenvalue weighted by Gasteiger charge is 2.27. The van der Waals surface area contributed by atoms with Gasteiger partial charge in [0.2, 0.25) is 0 Å². The smallest absolute Gasteiger partial charge is 0.254 e. The van der Waals surface area contributed by atoms with E-state index in [1.807, 2.05) is 56.0 Å². The normalized spacial score (nSPS) is 11.2. The average Bonchev–Trinajstić information content (AvgIpc) is 2.44. The fourth-order valence-electron chi connectivity index (χ4n) is 2.16. The third-order valence-electron chi connectivity index (χ3n) is 3.31. The molecule has 2 rings (SSSR count). The molecule has 110 valence electrons. The summed E-state index contributed by atoms with van der Waals surface area (Å²) >= 11 is 6.00. The predicted molar refractivity (Wildman–Crippen MR) is 87.5 cm³/mol. The molecule has 0 saturated carbocycles. The van der Waals surface area contributed by atoms with Crippen molar-refractivity contribution in [3.05, 3.63) is 70.7 Å². The summed E-state index contributed by atoms with van der Waals surface area (Å²) in [6.07, 6.45) is 0. The minimum atomic E-state index is -0.269. The van der Waals surface area contributed by atoms with Crippen LogP contribution in [0.25, 0.3) is 0 Å². The summed E-state index contributed by atoms with van der Waals surface area (Å²) in [6.45, 7) is 6.70. The van der Waals surface area contributed by atoms with Crippen molar-refractivity contribution < 1.29 is 4.79 Å². The van der Waals surface area contributed by atoms with Crippen LogP contribution in [0.1, 0.15) is 36.7 Å². The lowest BCUT2D eigenvalue weighted by molar-refractivity contribution is 0.0559. The summed E-state index contributed by atoms with van der Waals surface area (Å²) < 4.78 is 0. The fourth-order valence-corrected chi connectivity index (χ4v) is 2.35. The molecule has 0 bridgehead atoms. The summed E-state index contributed by atoms with van der Waals surface area (Å²) in [5, 5.41) is 0.578. The van der Waals surface area contributed by atoms with E-state index in [0.29, 0.717) is 17.1 Å². The number of carbonyl (C=O) groups is 1. The third-order valence-corrected chi connectivity index (χ3v) is 3.55. The van der Waals surface area contributed by atoms with E-state index in [4.69, 9.17) is 11.6 Å². The fraction of sp³-hybridized carbons (Fsp3) is 0.278. The Hall–Kier alpha value is -1.80. The highest BCUT2D eigenvalue weighted by Crippen LogP contribution is 2.22. The quantitative estimate of drug-likeness (QED) is 0.799. The molecule has 0 N–H and O–H groups in total. The molecule has 2 aromatic carbocycles. The van der Waals surface area contributed by atoms with E-state index in [9.17, 15) is 4.79 Å². The van der Waals surface area contributed by atoms with Gasteiger partial charge in [-0.1, -0.05) is 48.0 Å². The van der Waals surface area contributed by atoms with Gasteiger partial charge in [0.1, 0.15) is 0 Å². The molecular formula is C18H20ClNO. The van der Waals surface area contributed by atoms with Crippen molar-refractivity contribution in [1.82, 2.24) is 4.90 Å². The Morgan fingerprint density at radius 3 is 2.29 bits per heavy atom. The molecule has 1 amide bonds. The van der Waals surface area contributed by atoms with E-state index >= 15 is 0 Å². The van der Waals surface area contributed by atoms with Crippen molar-refractivity contribution in [2.75, 3.05) is 0 Å². The van der Waals surface area contributed by atoms with E-state index in [-0.39, 0.29) is 11.4 Å². The van der Waals surface area contributed by atoms with Crippen molar-refractivity contribution in [3.63, 3.8) is 0 Å². The molecule has 0 aliphatic heterocycles. The van der Waals surface area contributed by atoms with Gasteiger partial charge < -0.3 is 4.90 Å². The first-order valence-electron chi connectivity index (χ1n) is 6.99. The molecule has 0 spiro atoms. The second-order valence-corrected chi connectivity index (χ2v) is 6.49. The summed E-state index contributed by atoms with van der Waals surface area (Å²) in [5.74, 6) is -0.00569. The lowest BCUT2D eigenvalue weighted by Gasteiger charge is -2.36. The highest BCUT2D eigenvalue weighted by molar-refractivity contribution is 6.30. The van der Waals surface area contributed by atoms with Gasteiger partial charge in [-0.05, 0) is 44.5 Å². The number of amides is 1. The van der Waals surface area contributed by atoms with Crippen LogP contribution in [-0.4, -0.2) is 16.3 Å². The first kappa shape index (κ1) is 15.6. The van der Waals surface area contributed by atoms with Gasteiger partial charge in [-0.15, -0.1) is 0 Å². The summed E-state index contributed by atoms with van der Waals surface area (Å²) in [5.41, 5.74) is 1.46. The van der Waals surface area contributed by atoms with Crippen molar-refractivity contribution in [3.8, 4) is 0 Å². The van der Waals surface area contributed by atoms with E-state index < -0.39 is 0 Å². The first-order valence-corrected chi connectivity index (χ1v) is 7.37. The van der Waals surface area contributed by atoms with Crippen LogP contribution in [0.5, 0.6) is 0 Å². The Labute approximate surface area is 131 Å². The SMILES string of the molecule is CC(C)(C)N(Cc1ccccc1)C(=O)c1cccc(Cl)c1. The standard InChI is InChI=1S/C18H20ClNO/c1-18(2,3)20(13-14-8-5-4-6-9-14)17(21)15-10-7-11-16(19)12-15/h4-12H,13H2,1-3H3. The Bertz CT molecular complexity index is 617. The van der Waals surface area contributed by atoms with Gasteiger partial charge in [-0.3, -0.25) is 4.79 Å². The molecule has 0 unspecified atom stereocenters. The molecule has 0 aliphatic carbocycles. The largest absolute Gasteiger partial charge is 0.329 e. The second-order valence-electron chi connectivity index (χ2n) is 6.06. The molecule has 0 radical (unpaired) electrons. The number of hydrogen-bond donors (Lipinski definition) is 0. The van der Waals surface area contributed by atoms with Crippen molar-refractivity contribution in [2.24, 2.45) is 0 Å². The lowest BCUT2D eigenvalue weighted by Crippen LogP contribution is -2.45. The predicted octanol–water partition coefficient (Wildman–Crippen LogP) is 4.78. The van der Waals surface area contributed by atoms with Crippen LogP contribution >= 0.6 is 11.6 Å². The Balaban J connectivity index is 2.30. The minimum absolute atomic E-state index is 0.00569. The summed E-state index contributed by atoms with van der Waals surface area (Å²) in [6, 6.07) is 17.1. The molecule has 0 aliphatic rings. The molecule has 0 heterocycles. The van der Waals surface area contributed by atoms with Crippen LogP contribution in [0.2, 0.25) is 5.02 Å². The molecule has 0 saturated heterocycles. The molecule has 2 aromatic rings. The monoisotopic (exact) mass is 301 g/mol. The second kappa shape index (κ2) is 6.31. The van der Waals surface area contributed by atoms with Crippen molar-refractivity contribution in [2.45, 2.75) is 32.9 Å². The van der Waals surface area contributed by atoms with Gasteiger partial charge in [0.25, 0.3) is 5.91 Å². The molecular weight excluding hydrogens is 282 g/mol. The number of rotatable bonds is 3. The first-order chi connectivity index (χ1) is 9.88. The molecule has 0 fully saturated rings. The zero-order valence-electron chi connectivity index (χ0n) is 12.6. The van der Waals surface area contributed by atoms with Gasteiger partial charge in [0, 0.05) is 22.7 Å². The van der Waals surface area contributed by atoms with Gasteiger partial charge in [0.15, 0.2) is 0 Å². The maximum Gasteiger partial charge on any atom is 0.254 e. The van der Waals surface area contributed by atoms with Crippen LogP contribution in [0.4, 0.5) is 0 Å².